The second-order valence-electron chi connectivity index (χ2n) is 5.52. The molecule has 3 heteroatoms. The molecule has 2 aromatic carbocycles. The maximum atomic E-state index is 5.90. The van der Waals surface area contributed by atoms with Gasteiger partial charge in [0.25, 0.3) is 0 Å². The minimum atomic E-state index is 0.350. The Hall–Kier alpha value is -1.51. The molecule has 0 radical (unpaired) electrons. The van der Waals surface area contributed by atoms with Crippen molar-refractivity contribution >= 4 is 11.6 Å². The van der Waals surface area contributed by atoms with E-state index >= 15 is 0 Å². The molecule has 0 saturated carbocycles. The van der Waals surface area contributed by atoms with Crippen molar-refractivity contribution in [3.05, 3.63) is 64.2 Å². The van der Waals surface area contributed by atoms with Crippen molar-refractivity contribution in [2.45, 2.75) is 25.8 Å². The lowest BCUT2D eigenvalue weighted by molar-refractivity contribution is 0.356. The molecule has 0 spiro atoms. The number of nitrogens with one attached hydrogen (secondary N) is 1. The molecule has 1 aliphatic heterocycles. The van der Waals surface area contributed by atoms with Crippen LogP contribution in [0.3, 0.4) is 0 Å². The van der Waals surface area contributed by atoms with Crippen molar-refractivity contribution in [3.8, 4) is 5.75 Å². The summed E-state index contributed by atoms with van der Waals surface area (Å²) in [5.74, 6) is 1.05. The first kappa shape index (κ1) is 14.4. The molecule has 1 heterocycles. The van der Waals surface area contributed by atoms with Crippen LogP contribution < -0.4 is 10.1 Å². The topological polar surface area (TPSA) is 21.3 Å². The van der Waals surface area contributed by atoms with Gasteiger partial charge in [-0.25, -0.2) is 0 Å². The van der Waals surface area contributed by atoms with E-state index in [-0.39, 0.29) is 0 Å². The van der Waals surface area contributed by atoms with Crippen LogP contribution >= 0.6 is 11.6 Å². The first-order valence-electron chi connectivity index (χ1n) is 7.46. The Balaban J connectivity index is 1.54. The van der Waals surface area contributed by atoms with Crippen LogP contribution in [0.15, 0.2) is 42.5 Å². The minimum Gasteiger partial charge on any atom is -0.493 e. The van der Waals surface area contributed by atoms with Gasteiger partial charge in [0, 0.05) is 17.5 Å². The minimum absolute atomic E-state index is 0.350. The summed E-state index contributed by atoms with van der Waals surface area (Å²) in [6.45, 7) is 3.98. The van der Waals surface area contributed by atoms with Gasteiger partial charge in [-0.3, -0.25) is 0 Å². The molecular weight excluding hydrogens is 282 g/mol. The molecule has 0 aliphatic carbocycles. The van der Waals surface area contributed by atoms with Crippen molar-refractivity contribution in [3.63, 3.8) is 0 Å². The highest BCUT2D eigenvalue weighted by molar-refractivity contribution is 6.30. The summed E-state index contributed by atoms with van der Waals surface area (Å²) in [4.78, 5) is 0. The van der Waals surface area contributed by atoms with Gasteiger partial charge in [-0.05, 0) is 54.8 Å². The normalized spacial score (nSPS) is 14.6. The highest BCUT2D eigenvalue weighted by Crippen LogP contribution is 2.28. The Kier molecular flexibility index (Phi) is 4.47. The molecule has 3 rings (SSSR count). The SMILES string of the molecule is CC(NCCc1ccc(Cl)cc1)c1ccc2c(c1)CCO2. The van der Waals surface area contributed by atoms with Crippen LogP contribution in [0.1, 0.15) is 29.7 Å². The van der Waals surface area contributed by atoms with Gasteiger partial charge in [0.15, 0.2) is 0 Å². The summed E-state index contributed by atoms with van der Waals surface area (Å²) in [5, 5.41) is 4.37. The third-order valence-corrected chi connectivity index (χ3v) is 4.24. The molecule has 0 bridgehead atoms. The van der Waals surface area contributed by atoms with Gasteiger partial charge < -0.3 is 10.1 Å². The Morgan fingerprint density at radius 3 is 2.81 bits per heavy atom. The number of benzene rings is 2. The van der Waals surface area contributed by atoms with Crippen molar-refractivity contribution in [1.29, 1.82) is 0 Å². The first-order chi connectivity index (χ1) is 10.2. The second-order valence-corrected chi connectivity index (χ2v) is 5.95. The van der Waals surface area contributed by atoms with E-state index in [0.717, 1.165) is 36.8 Å². The van der Waals surface area contributed by atoms with Gasteiger partial charge in [-0.2, -0.15) is 0 Å². The van der Waals surface area contributed by atoms with E-state index in [2.05, 4.69) is 42.6 Å². The summed E-state index contributed by atoms with van der Waals surface area (Å²) in [5.41, 5.74) is 3.97. The van der Waals surface area contributed by atoms with E-state index < -0.39 is 0 Å². The lowest BCUT2D eigenvalue weighted by atomic mass is 10.0. The number of halogens is 1. The van der Waals surface area contributed by atoms with Gasteiger partial charge in [0.05, 0.1) is 6.61 Å². The second kappa shape index (κ2) is 6.50. The smallest absolute Gasteiger partial charge is 0.122 e. The fourth-order valence-corrected chi connectivity index (χ4v) is 2.80. The van der Waals surface area contributed by atoms with Crippen molar-refractivity contribution in [2.75, 3.05) is 13.2 Å². The molecule has 1 aliphatic rings. The molecule has 21 heavy (non-hydrogen) atoms. The monoisotopic (exact) mass is 301 g/mol. The molecule has 0 fully saturated rings. The average molecular weight is 302 g/mol. The van der Waals surface area contributed by atoms with Gasteiger partial charge in [-0.1, -0.05) is 35.9 Å². The van der Waals surface area contributed by atoms with E-state index in [0.29, 0.717) is 6.04 Å². The quantitative estimate of drug-likeness (QED) is 0.895. The lowest BCUT2D eigenvalue weighted by Crippen LogP contribution is -2.21. The van der Waals surface area contributed by atoms with Crippen LogP contribution in [0.4, 0.5) is 0 Å². The summed E-state index contributed by atoms with van der Waals surface area (Å²) < 4.78 is 5.55. The van der Waals surface area contributed by atoms with Crippen LogP contribution in [0.2, 0.25) is 5.02 Å². The van der Waals surface area contributed by atoms with E-state index in [9.17, 15) is 0 Å². The molecule has 110 valence electrons. The predicted octanol–water partition coefficient (Wildman–Crippen LogP) is 4.17. The van der Waals surface area contributed by atoms with Crippen molar-refractivity contribution in [2.24, 2.45) is 0 Å². The Labute approximate surface area is 131 Å². The third kappa shape index (κ3) is 3.58. The van der Waals surface area contributed by atoms with E-state index in [1.54, 1.807) is 0 Å². The zero-order valence-electron chi connectivity index (χ0n) is 12.2. The molecule has 1 N–H and O–H groups in total. The molecule has 0 aromatic heterocycles. The highest BCUT2D eigenvalue weighted by atomic mass is 35.5. The number of ether oxygens (including phenoxy) is 1. The van der Waals surface area contributed by atoms with Crippen molar-refractivity contribution in [1.82, 2.24) is 5.32 Å². The van der Waals surface area contributed by atoms with Crippen molar-refractivity contribution < 1.29 is 4.74 Å². The largest absolute Gasteiger partial charge is 0.493 e. The van der Waals surface area contributed by atoms with Crippen LogP contribution in [0.25, 0.3) is 0 Å². The molecule has 0 saturated heterocycles. The summed E-state index contributed by atoms with van der Waals surface area (Å²) in [7, 11) is 0. The molecule has 2 aromatic rings. The fourth-order valence-electron chi connectivity index (χ4n) is 2.68. The maximum Gasteiger partial charge on any atom is 0.122 e. The maximum absolute atomic E-state index is 5.90. The van der Waals surface area contributed by atoms with E-state index in [4.69, 9.17) is 16.3 Å². The standard InChI is InChI=1S/C18H20ClNO/c1-13(15-4-7-18-16(12-15)9-11-21-18)20-10-8-14-2-5-17(19)6-3-14/h2-7,12-13,20H,8-11H2,1H3. The average Bonchev–Trinajstić information content (AvgIpc) is 2.96. The van der Waals surface area contributed by atoms with Crippen LogP contribution in [-0.2, 0) is 12.8 Å². The zero-order valence-corrected chi connectivity index (χ0v) is 13.0. The Morgan fingerprint density at radius 1 is 1.19 bits per heavy atom. The predicted molar refractivity (Wildman–Crippen MR) is 87.2 cm³/mol. The number of rotatable bonds is 5. The number of fused-ring (bicyclic) bond motifs is 1. The molecule has 0 amide bonds. The molecule has 1 unspecified atom stereocenters. The van der Waals surface area contributed by atoms with E-state index in [1.807, 2.05) is 12.1 Å². The fraction of sp³-hybridized carbons (Fsp3) is 0.333. The van der Waals surface area contributed by atoms with Gasteiger partial charge >= 0.3 is 0 Å². The van der Waals surface area contributed by atoms with Crippen LogP contribution in [0, 0.1) is 0 Å². The summed E-state index contributed by atoms with van der Waals surface area (Å²) in [6, 6.07) is 14.9. The first-order valence-corrected chi connectivity index (χ1v) is 7.83. The molecular formula is C18H20ClNO. The summed E-state index contributed by atoms with van der Waals surface area (Å²) >= 11 is 5.90. The molecule has 1 atom stereocenters. The Bertz CT molecular complexity index is 609. The Morgan fingerprint density at radius 2 is 2.00 bits per heavy atom. The third-order valence-electron chi connectivity index (χ3n) is 3.99. The number of hydrogen-bond donors (Lipinski definition) is 1. The van der Waals surface area contributed by atoms with Gasteiger partial charge in [-0.15, -0.1) is 0 Å². The van der Waals surface area contributed by atoms with Gasteiger partial charge in [0.1, 0.15) is 5.75 Å². The van der Waals surface area contributed by atoms with Gasteiger partial charge in [0.2, 0.25) is 0 Å². The summed E-state index contributed by atoms with van der Waals surface area (Å²) in [6.07, 6.45) is 2.04. The molecule has 2 nitrogen and oxygen atoms in total. The van der Waals surface area contributed by atoms with Crippen LogP contribution in [0.5, 0.6) is 5.75 Å². The highest BCUT2D eigenvalue weighted by Gasteiger charge is 2.14. The van der Waals surface area contributed by atoms with Crippen LogP contribution in [-0.4, -0.2) is 13.2 Å². The lowest BCUT2D eigenvalue weighted by Gasteiger charge is -2.15. The number of hydrogen-bond acceptors (Lipinski definition) is 2. The zero-order chi connectivity index (χ0) is 14.7. The van der Waals surface area contributed by atoms with E-state index in [1.165, 1.54) is 16.7 Å².